The van der Waals surface area contributed by atoms with E-state index in [9.17, 15) is 9.59 Å². The normalized spacial score (nSPS) is 15.6. The molecule has 0 spiro atoms. The van der Waals surface area contributed by atoms with Crippen LogP contribution in [0.1, 0.15) is 40.0 Å². The third-order valence-corrected chi connectivity index (χ3v) is 3.39. The highest BCUT2D eigenvalue weighted by Crippen LogP contribution is 2.12. The quantitative estimate of drug-likeness (QED) is 0.634. The molecule has 0 aliphatic carbocycles. The van der Waals surface area contributed by atoms with E-state index < -0.39 is 17.5 Å². The smallest absolute Gasteiger partial charge is 0.329 e. The molecular weight excluding hydrogens is 252 g/mol. The molecule has 0 saturated carbocycles. The van der Waals surface area contributed by atoms with Crippen molar-refractivity contribution in [1.82, 2.24) is 10.6 Å². The van der Waals surface area contributed by atoms with Gasteiger partial charge < -0.3 is 15.7 Å². The maximum Gasteiger partial charge on any atom is 0.329 e. The van der Waals surface area contributed by atoms with E-state index in [0.717, 1.165) is 12.2 Å². The summed E-state index contributed by atoms with van der Waals surface area (Å²) in [7, 11) is 0. The van der Waals surface area contributed by atoms with Crippen LogP contribution in [0.25, 0.3) is 0 Å². The van der Waals surface area contributed by atoms with E-state index in [-0.39, 0.29) is 6.04 Å². The minimum Gasteiger partial charge on any atom is -0.480 e. The van der Waals surface area contributed by atoms with Gasteiger partial charge in [0.05, 0.1) is 0 Å². The van der Waals surface area contributed by atoms with Crippen molar-refractivity contribution in [2.24, 2.45) is 0 Å². The molecule has 0 fully saturated rings. The molecule has 18 heavy (non-hydrogen) atoms. The zero-order valence-corrected chi connectivity index (χ0v) is 12.4. The van der Waals surface area contributed by atoms with Crippen LogP contribution in [0.15, 0.2) is 0 Å². The first-order valence-electron chi connectivity index (χ1n) is 6.16. The molecule has 0 aliphatic heterocycles. The number of hydrogen-bond acceptors (Lipinski definition) is 3. The van der Waals surface area contributed by atoms with Crippen LogP contribution in [0.4, 0.5) is 4.79 Å². The lowest BCUT2D eigenvalue weighted by molar-refractivity contribution is -0.144. The van der Waals surface area contributed by atoms with Crippen molar-refractivity contribution in [2.75, 3.05) is 12.0 Å². The summed E-state index contributed by atoms with van der Waals surface area (Å²) in [5, 5.41) is 14.4. The third-order valence-electron chi connectivity index (χ3n) is 2.74. The van der Waals surface area contributed by atoms with Crippen molar-refractivity contribution in [1.29, 1.82) is 0 Å². The Morgan fingerprint density at radius 1 is 1.44 bits per heavy atom. The molecule has 0 heterocycles. The van der Waals surface area contributed by atoms with Gasteiger partial charge in [-0.3, -0.25) is 0 Å². The number of carbonyl (C=O) groups is 2. The average Bonchev–Trinajstić information content (AvgIpc) is 2.26. The van der Waals surface area contributed by atoms with Crippen molar-refractivity contribution in [3.63, 3.8) is 0 Å². The van der Waals surface area contributed by atoms with E-state index in [1.807, 2.05) is 20.1 Å². The molecule has 2 atom stereocenters. The summed E-state index contributed by atoms with van der Waals surface area (Å²) < 4.78 is 0. The van der Waals surface area contributed by atoms with Crippen molar-refractivity contribution < 1.29 is 14.7 Å². The number of nitrogens with one attached hydrogen (secondary N) is 2. The number of carboxylic acids is 1. The monoisotopic (exact) mass is 276 g/mol. The zero-order chi connectivity index (χ0) is 14.2. The van der Waals surface area contributed by atoms with Gasteiger partial charge in [-0.2, -0.15) is 11.8 Å². The summed E-state index contributed by atoms with van der Waals surface area (Å²) in [6.45, 7) is 5.33. The molecule has 0 rings (SSSR count). The van der Waals surface area contributed by atoms with Crippen molar-refractivity contribution in [3.05, 3.63) is 0 Å². The summed E-state index contributed by atoms with van der Waals surface area (Å²) >= 11 is 1.72. The number of aliphatic carboxylic acids is 1. The Labute approximate surface area is 113 Å². The fraction of sp³-hybridized carbons (Fsp3) is 0.833. The number of carboxylic acid groups (broad SMARTS) is 1. The molecule has 0 aromatic rings. The fourth-order valence-corrected chi connectivity index (χ4v) is 2.19. The largest absolute Gasteiger partial charge is 0.480 e. The second kappa shape index (κ2) is 8.24. The average molecular weight is 276 g/mol. The number of hydrogen-bond donors (Lipinski definition) is 3. The van der Waals surface area contributed by atoms with Crippen LogP contribution in [0, 0.1) is 0 Å². The molecule has 0 saturated heterocycles. The zero-order valence-electron chi connectivity index (χ0n) is 11.6. The highest BCUT2D eigenvalue weighted by atomic mass is 32.2. The Kier molecular flexibility index (Phi) is 7.82. The van der Waals surface area contributed by atoms with Gasteiger partial charge >= 0.3 is 12.0 Å². The summed E-state index contributed by atoms with van der Waals surface area (Å²) in [5.41, 5.74) is -1.20. The molecule has 2 amide bonds. The Balaban J connectivity index is 4.30. The maximum atomic E-state index is 11.7. The van der Waals surface area contributed by atoms with Crippen LogP contribution in [0.3, 0.4) is 0 Å². The Bertz CT molecular complexity index is 286. The number of rotatable bonds is 8. The summed E-state index contributed by atoms with van der Waals surface area (Å²) in [6, 6.07) is -0.376. The van der Waals surface area contributed by atoms with Crippen LogP contribution >= 0.6 is 11.8 Å². The molecule has 2 unspecified atom stereocenters. The lowest BCUT2D eigenvalue weighted by Crippen LogP contribution is -2.56. The maximum absolute atomic E-state index is 11.7. The van der Waals surface area contributed by atoms with Gasteiger partial charge in [0.1, 0.15) is 5.54 Å². The molecule has 0 radical (unpaired) electrons. The molecule has 6 heteroatoms. The van der Waals surface area contributed by atoms with Gasteiger partial charge in [-0.25, -0.2) is 9.59 Å². The van der Waals surface area contributed by atoms with E-state index in [2.05, 4.69) is 10.6 Å². The highest BCUT2D eigenvalue weighted by Gasteiger charge is 2.33. The molecule has 106 valence electrons. The molecule has 0 aliphatic rings. The van der Waals surface area contributed by atoms with Gasteiger partial charge in [0.2, 0.25) is 0 Å². The summed E-state index contributed by atoms with van der Waals surface area (Å²) in [6.07, 6.45) is 3.99. The van der Waals surface area contributed by atoms with E-state index in [4.69, 9.17) is 5.11 Å². The Hall–Kier alpha value is -0.910. The predicted molar refractivity (Wildman–Crippen MR) is 75.1 cm³/mol. The van der Waals surface area contributed by atoms with Gasteiger partial charge in [-0.15, -0.1) is 0 Å². The fourth-order valence-electron chi connectivity index (χ4n) is 1.60. The van der Waals surface area contributed by atoms with Crippen LogP contribution in [-0.4, -0.2) is 40.7 Å². The van der Waals surface area contributed by atoms with Gasteiger partial charge in [0.25, 0.3) is 0 Å². The minimum atomic E-state index is -1.20. The molecular formula is C12H24N2O3S. The van der Waals surface area contributed by atoms with Crippen LogP contribution in [0.5, 0.6) is 0 Å². The van der Waals surface area contributed by atoms with E-state index in [1.165, 1.54) is 6.92 Å². The SMILES string of the molecule is CCCC(C)(NC(=O)NC(C)CCSC)C(=O)O. The summed E-state index contributed by atoms with van der Waals surface area (Å²) in [5.74, 6) is -0.0386. The second-order valence-electron chi connectivity index (χ2n) is 4.67. The topological polar surface area (TPSA) is 78.4 Å². The first-order chi connectivity index (χ1) is 8.35. The Morgan fingerprint density at radius 2 is 2.06 bits per heavy atom. The van der Waals surface area contributed by atoms with Crippen LogP contribution in [0.2, 0.25) is 0 Å². The molecule has 0 aromatic carbocycles. The highest BCUT2D eigenvalue weighted by molar-refractivity contribution is 7.98. The lowest BCUT2D eigenvalue weighted by atomic mass is 9.96. The van der Waals surface area contributed by atoms with Gasteiger partial charge in [0.15, 0.2) is 0 Å². The summed E-state index contributed by atoms with van der Waals surface area (Å²) in [4.78, 5) is 22.9. The van der Waals surface area contributed by atoms with Crippen molar-refractivity contribution in [2.45, 2.75) is 51.6 Å². The minimum absolute atomic E-state index is 0.0390. The van der Waals surface area contributed by atoms with E-state index in [1.54, 1.807) is 11.8 Å². The first kappa shape index (κ1) is 17.1. The molecule has 5 nitrogen and oxygen atoms in total. The number of thioether (sulfide) groups is 1. The lowest BCUT2D eigenvalue weighted by Gasteiger charge is -2.26. The molecule has 0 aromatic heterocycles. The van der Waals surface area contributed by atoms with Crippen LogP contribution in [-0.2, 0) is 4.79 Å². The Morgan fingerprint density at radius 3 is 2.50 bits per heavy atom. The van der Waals surface area contributed by atoms with E-state index >= 15 is 0 Å². The molecule has 3 N–H and O–H groups in total. The van der Waals surface area contributed by atoms with Crippen LogP contribution < -0.4 is 10.6 Å². The number of urea groups is 1. The standard InChI is InChI=1S/C12H24N2O3S/c1-5-7-12(3,10(15)16)14-11(17)13-9(2)6-8-18-4/h9H,5-8H2,1-4H3,(H,15,16)(H2,13,14,17). The number of carbonyl (C=O) groups excluding carboxylic acids is 1. The molecule has 0 bridgehead atoms. The van der Waals surface area contributed by atoms with Gasteiger partial charge in [-0.1, -0.05) is 13.3 Å². The second-order valence-corrected chi connectivity index (χ2v) is 5.65. The third kappa shape index (κ3) is 6.14. The van der Waals surface area contributed by atoms with Crippen molar-refractivity contribution >= 4 is 23.8 Å². The van der Waals surface area contributed by atoms with Crippen molar-refractivity contribution in [3.8, 4) is 0 Å². The van der Waals surface area contributed by atoms with Gasteiger partial charge in [0, 0.05) is 6.04 Å². The number of amides is 2. The predicted octanol–water partition coefficient (Wildman–Crippen LogP) is 2.07. The van der Waals surface area contributed by atoms with Gasteiger partial charge in [-0.05, 0) is 38.7 Å². The first-order valence-corrected chi connectivity index (χ1v) is 7.56. The van der Waals surface area contributed by atoms with E-state index in [0.29, 0.717) is 12.8 Å².